The van der Waals surface area contributed by atoms with E-state index >= 15 is 0 Å². The molecule has 0 spiro atoms. The highest BCUT2D eigenvalue weighted by atomic mass is 16.6. The zero-order valence-corrected chi connectivity index (χ0v) is 15.9. The van der Waals surface area contributed by atoms with E-state index in [1.807, 2.05) is 0 Å². The second-order valence-corrected chi connectivity index (χ2v) is 6.87. The molecular formula is C22H18O7. The Morgan fingerprint density at radius 2 is 1.97 bits per heavy atom. The Morgan fingerprint density at radius 3 is 2.69 bits per heavy atom. The number of benzene rings is 2. The summed E-state index contributed by atoms with van der Waals surface area (Å²) in [4.78, 5) is 50.3. The number of hydrogen-bond donors (Lipinski definition) is 0. The van der Waals surface area contributed by atoms with Crippen molar-refractivity contribution < 1.29 is 33.4 Å². The fourth-order valence-corrected chi connectivity index (χ4v) is 3.80. The van der Waals surface area contributed by atoms with E-state index in [9.17, 15) is 19.2 Å². The minimum absolute atomic E-state index is 0.0129. The van der Waals surface area contributed by atoms with Gasteiger partial charge in [-0.1, -0.05) is 24.3 Å². The van der Waals surface area contributed by atoms with Gasteiger partial charge >= 0.3 is 11.9 Å². The fourth-order valence-electron chi connectivity index (χ4n) is 3.80. The molecular weight excluding hydrogens is 376 g/mol. The van der Waals surface area contributed by atoms with Crippen molar-refractivity contribution in [1.29, 1.82) is 0 Å². The first-order valence-corrected chi connectivity index (χ1v) is 9.27. The molecule has 4 rings (SSSR count). The van der Waals surface area contributed by atoms with Crippen LogP contribution < -0.4 is 4.74 Å². The minimum atomic E-state index is -0.973. The van der Waals surface area contributed by atoms with Gasteiger partial charge in [-0.25, -0.2) is 4.79 Å². The number of hydrogen-bond acceptors (Lipinski definition) is 7. The summed E-state index contributed by atoms with van der Waals surface area (Å²) in [5.41, 5.74) is 0.410. The number of ketones is 2. The van der Waals surface area contributed by atoms with Crippen molar-refractivity contribution in [3.05, 3.63) is 53.3 Å². The van der Waals surface area contributed by atoms with Crippen LogP contribution in [-0.4, -0.2) is 36.2 Å². The van der Waals surface area contributed by atoms with Gasteiger partial charge in [0.2, 0.25) is 0 Å². The van der Waals surface area contributed by atoms with Crippen LogP contribution in [0.25, 0.3) is 10.8 Å². The number of ether oxygens (including phenoxy) is 3. The van der Waals surface area contributed by atoms with E-state index in [-0.39, 0.29) is 47.0 Å². The molecule has 0 saturated heterocycles. The number of fused-ring (bicyclic) bond motifs is 3. The molecule has 0 bridgehead atoms. The highest BCUT2D eigenvalue weighted by molar-refractivity contribution is 6.26. The van der Waals surface area contributed by atoms with Crippen LogP contribution in [0.3, 0.4) is 0 Å². The molecule has 148 valence electrons. The Hall–Kier alpha value is -3.48. The normalized spacial score (nSPS) is 20.3. The van der Waals surface area contributed by atoms with Gasteiger partial charge in [0.25, 0.3) is 0 Å². The molecule has 0 N–H and O–H groups in total. The molecule has 0 fully saturated rings. The van der Waals surface area contributed by atoms with Crippen LogP contribution in [0.1, 0.15) is 41.0 Å². The lowest BCUT2D eigenvalue weighted by Gasteiger charge is -2.32. The smallest absolute Gasteiger partial charge is 0.347 e. The molecule has 0 aromatic heterocycles. The molecule has 1 aliphatic heterocycles. The summed E-state index contributed by atoms with van der Waals surface area (Å²) in [5.74, 6) is -2.75. The summed E-state index contributed by atoms with van der Waals surface area (Å²) >= 11 is 0. The monoisotopic (exact) mass is 394 g/mol. The van der Waals surface area contributed by atoms with Crippen molar-refractivity contribution >= 4 is 34.3 Å². The van der Waals surface area contributed by atoms with E-state index in [4.69, 9.17) is 14.2 Å². The maximum absolute atomic E-state index is 13.4. The number of rotatable bonds is 3. The summed E-state index contributed by atoms with van der Waals surface area (Å²) in [5, 5.41) is 1.23. The third-order valence-electron chi connectivity index (χ3n) is 5.05. The van der Waals surface area contributed by atoms with Gasteiger partial charge in [0.15, 0.2) is 17.7 Å². The molecule has 2 unspecified atom stereocenters. The molecule has 2 aromatic carbocycles. The Kier molecular flexibility index (Phi) is 4.66. The van der Waals surface area contributed by atoms with E-state index in [2.05, 4.69) is 0 Å². The third-order valence-corrected chi connectivity index (χ3v) is 5.05. The van der Waals surface area contributed by atoms with Gasteiger partial charge in [0.05, 0.1) is 24.4 Å². The molecule has 2 atom stereocenters. The van der Waals surface area contributed by atoms with Crippen LogP contribution >= 0.6 is 0 Å². The number of carbonyl (C=O) groups excluding carboxylic acids is 4. The van der Waals surface area contributed by atoms with E-state index in [0.717, 1.165) is 0 Å². The average molecular weight is 394 g/mol. The number of Topliss-reactive ketones (excluding diaryl/α,β-unsaturated/α-hetero) is 2. The van der Waals surface area contributed by atoms with Gasteiger partial charge in [-0.3, -0.25) is 14.4 Å². The Morgan fingerprint density at radius 1 is 1.21 bits per heavy atom. The van der Waals surface area contributed by atoms with Crippen LogP contribution in [-0.2, 0) is 19.1 Å². The van der Waals surface area contributed by atoms with Crippen molar-refractivity contribution in [2.24, 2.45) is 5.92 Å². The second-order valence-electron chi connectivity index (χ2n) is 6.87. The van der Waals surface area contributed by atoms with Gasteiger partial charge in [-0.15, -0.1) is 0 Å². The van der Waals surface area contributed by atoms with Gasteiger partial charge in [-0.05, 0) is 18.4 Å². The van der Waals surface area contributed by atoms with E-state index in [1.165, 1.54) is 13.2 Å². The molecule has 7 heteroatoms. The first-order valence-electron chi connectivity index (χ1n) is 9.27. The lowest BCUT2D eigenvalue weighted by atomic mass is 9.74. The van der Waals surface area contributed by atoms with E-state index < -0.39 is 24.0 Å². The summed E-state index contributed by atoms with van der Waals surface area (Å²) in [6.45, 7) is 3.09. The molecule has 2 aromatic rings. The summed E-state index contributed by atoms with van der Waals surface area (Å²) < 4.78 is 15.7. The predicted octanol–water partition coefficient (Wildman–Crippen LogP) is 3.00. The van der Waals surface area contributed by atoms with Gasteiger partial charge in [-0.2, -0.15) is 0 Å². The van der Waals surface area contributed by atoms with Gasteiger partial charge in [0.1, 0.15) is 5.75 Å². The summed E-state index contributed by atoms with van der Waals surface area (Å²) in [6.07, 6.45) is 0.195. The zero-order chi connectivity index (χ0) is 20.7. The molecule has 7 nitrogen and oxygen atoms in total. The molecule has 1 heterocycles. The lowest BCUT2D eigenvalue weighted by molar-refractivity contribution is -0.154. The van der Waals surface area contributed by atoms with Gasteiger partial charge in [0, 0.05) is 29.9 Å². The van der Waals surface area contributed by atoms with Crippen LogP contribution in [0.2, 0.25) is 0 Å². The first kappa shape index (κ1) is 18.9. The molecule has 0 radical (unpaired) electrons. The van der Waals surface area contributed by atoms with Crippen molar-refractivity contribution in [3.63, 3.8) is 0 Å². The quantitative estimate of drug-likeness (QED) is 0.583. The van der Waals surface area contributed by atoms with Crippen molar-refractivity contribution in [1.82, 2.24) is 0 Å². The molecule has 0 saturated carbocycles. The number of allylic oxidation sites excluding steroid dienone is 1. The number of esters is 2. The SMILES string of the molecule is CCOC(=O)C1CC2C(=O)c3c(cc4ccccc4c3OC(C)=O)C(=O)C2=CO1. The first-order chi connectivity index (χ1) is 13.9. The summed E-state index contributed by atoms with van der Waals surface area (Å²) in [7, 11) is 0. The van der Waals surface area contributed by atoms with E-state index in [1.54, 1.807) is 37.3 Å². The third kappa shape index (κ3) is 3.08. The highest BCUT2D eigenvalue weighted by Gasteiger charge is 2.45. The Balaban J connectivity index is 1.87. The number of carbonyl (C=O) groups is 4. The van der Waals surface area contributed by atoms with Gasteiger partial charge < -0.3 is 14.2 Å². The zero-order valence-electron chi connectivity index (χ0n) is 15.9. The summed E-state index contributed by atoms with van der Waals surface area (Å²) in [6, 6.07) is 8.66. The van der Waals surface area contributed by atoms with Crippen LogP contribution in [0.15, 0.2) is 42.2 Å². The average Bonchev–Trinajstić information content (AvgIpc) is 2.71. The molecule has 29 heavy (non-hydrogen) atoms. The Labute approximate surface area is 166 Å². The van der Waals surface area contributed by atoms with Crippen LogP contribution in [0, 0.1) is 5.92 Å². The molecule has 1 aliphatic carbocycles. The predicted molar refractivity (Wildman–Crippen MR) is 102 cm³/mol. The topological polar surface area (TPSA) is 96.0 Å². The molecule has 2 aliphatic rings. The largest absolute Gasteiger partial charge is 0.486 e. The van der Waals surface area contributed by atoms with Crippen LogP contribution in [0.4, 0.5) is 0 Å². The molecule has 0 amide bonds. The fraction of sp³-hybridized carbons (Fsp3) is 0.273. The van der Waals surface area contributed by atoms with Crippen molar-refractivity contribution in [2.75, 3.05) is 6.61 Å². The minimum Gasteiger partial charge on any atom is -0.486 e. The van der Waals surface area contributed by atoms with Crippen LogP contribution in [0.5, 0.6) is 5.75 Å². The van der Waals surface area contributed by atoms with E-state index in [0.29, 0.717) is 10.8 Å². The second kappa shape index (κ2) is 7.16. The lowest BCUT2D eigenvalue weighted by Crippen LogP contribution is -2.39. The van der Waals surface area contributed by atoms with Crippen molar-refractivity contribution in [3.8, 4) is 5.75 Å². The standard InChI is InChI=1S/C22H18O7/c1-3-27-22(26)17-9-14-16(10-28-17)19(24)15-8-12-6-4-5-7-13(12)21(29-11(2)23)18(15)20(14)25/h4-8,10,14,17H,3,9H2,1-2H3. The Bertz CT molecular complexity index is 1100. The highest BCUT2D eigenvalue weighted by Crippen LogP contribution is 2.43. The maximum atomic E-state index is 13.4. The van der Waals surface area contributed by atoms with Crippen molar-refractivity contribution in [2.45, 2.75) is 26.4 Å². The maximum Gasteiger partial charge on any atom is 0.347 e.